The quantitative estimate of drug-likeness (QED) is 0.0129. The number of nitrogens with one attached hydrogen (secondary N) is 1. The fourth-order valence-corrected chi connectivity index (χ4v) is 6.11. The number of rotatable bonds is 16. The summed E-state index contributed by atoms with van der Waals surface area (Å²) in [4.78, 5) is 54.4. The monoisotopic (exact) mass is 728 g/mol. The molecular formula is C41H48N2O10. The Morgan fingerprint density at radius 1 is 1.06 bits per heavy atom. The molecule has 0 saturated carbocycles. The number of aromatic nitrogens is 1. The Kier molecular flexibility index (Phi) is 13.5. The number of anilines is 1. The first-order chi connectivity index (χ1) is 25.2. The molecule has 0 aliphatic rings. The standard InChI is InChI=1S/C41H48N2O10/c1-22(2)27-17-18-28-31(20-27)53-40-35(43-28)32-33(39(49)36(40)42-7)37(47)25(5)38(48)34(32)41(50)51-19-9-8-16-30(52-26(6)45)29(46)15-11-13-23(3)12-10-14-24(4)21-44/h9-10,12,14,17-23,29-30,42,46,48-49H,8,11,13,15-16H2,1-7H3/b12-10+,19-9+,24-14+. The van der Waals surface area contributed by atoms with Crippen LogP contribution in [0.3, 0.4) is 0 Å². The van der Waals surface area contributed by atoms with Crippen molar-refractivity contribution in [3.8, 4) is 11.5 Å². The van der Waals surface area contributed by atoms with Gasteiger partial charge >= 0.3 is 11.9 Å². The van der Waals surface area contributed by atoms with Crippen LogP contribution in [-0.4, -0.2) is 57.8 Å². The average molecular weight is 729 g/mol. The molecule has 12 nitrogen and oxygen atoms in total. The second kappa shape index (κ2) is 17.8. The molecule has 3 unspecified atom stereocenters. The van der Waals surface area contributed by atoms with Gasteiger partial charge in [0, 0.05) is 24.9 Å². The molecule has 0 spiro atoms. The van der Waals surface area contributed by atoms with Crippen LogP contribution in [-0.2, 0) is 19.1 Å². The lowest BCUT2D eigenvalue weighted by Gasteiger charge is -2.22. The normalized spacial score (nSPS) is 14.0. The van der Waals surface area contributed by atoms with Crippen molar-refractivity contribution in [2.45, 2.75) is 91.8 Å². The van der Waals surface area contributed by atoms with Gasteiger partial charge in [-0.15, -0.1) is 0 Å². The van der Waals surface area contributed by atoms with Crippen LogP contribution in [0.1, 0.15) is 94.1 Å². The predicted octanol–water partition coefficient (Wildman–Crippen LogP) is 7.63. The van der Waals surface area contributed by atoms with Crippen LogP contribution in [0.4, 0.5) is 5.69 Å². The van der Waals surface area contributed by atoms with E-state index >= 15 is 0 Å². The molecule has 4 N–H and O–H groups in total. The Morgan fingerprint density at radius 3 is 2.45 bits per heavy atom. The molecule has 3 aromatic carbocycles. The smallest absolute Gasteiger partial charge is 0.347 e. The number of fused-ring (bicyclic) bond motifs is 4. The van der Waals surface area contributed by atoms with E-state index in [0.717, 1.165) is 24.5 Å². The molecule has 0 aliphatic heterocycles. The molecule has 1 aromatic heterocycles. The molecule has 0 fully saturated rings. The zero-order valence-electron chi connectivity index (χ0n) is 31.2. The third kappa shape index (κ3) is 9.31. The van der Waals surface area contributed by atoms with Gasteiger partial charge in [0.05, 0.1) is 17.8 Å². The van der Waals surface area contributed by atoms with Gasteiger partial charge in [-0.05, 0) is 80.7 Å². The largest absolute Gasteiger partial charge is 0.507 e. The van der Waals surface area contributed by atoms with Crippen molar-refractivity contribution in [3.05, 3.63) is 81.3 Å². The van der Waals surface area contributed by atoms with Crippen molar-refractivity contribution in [1.82, 2.24) is 4.98 Å². The number of allylic oxidation sites excluding steroid dienone is 5. The van der Waals surface area contributed by atoms with Crippen LogP contribution >= 0.6 is 0 Å². The van der Waals surface area contributed by atoms with E-state index < -0.39 is 41.1 Å². The summed E-state index contributed by atoms with van der Waals surface area (Å²) in [5.74, 6) is -2.24. The van der Waals surface area contributed by atoms with E-state index in [2.05, 4.69) is 5.32 Å². The van der Waals surface area contributed by atoms with Crippen molar-refractivity contribution in [2.75, 3.05) is 12.4 Å². The fourth-order valence-electron chi connectivity index (χ4n) is 6.11. The Bertz CT molecular complexity index is 2160. The summed E-state index contributed by atoms with van der Waals surface area (Å²) in [6.45, 7) is 10.4. The van der Waals surface area contributed by atoms with Gasteiger partial charge in [0.15, 0.2) is 22.3 Å². The molecule has 0 saturated heterocycles. The number of hydrogen-bond acceptors (Lipinski definition) is 12. The number of benzene rings is 3. The van der Waals surface area contributed by atoms with Gasteiger partial charge in [0.1, 0.15) is 40.4 Å². The summed E-state index contributed by atoms with van der Waals surface area (Å²) in [6, 6.07) is 5.49. The van der Waals surface area contributed by atoms with Crippen LogP contribution in [0, 0.1) is 12.8 Å². The minimum atomic E-state index is -1.02. The number of esters is 2. The number of aromatic hydroxyl groups is 2. The molecule has 3 atom stereocenters. The molecule has 0 aliphatic carbocycles. The number of hydrogen-bond donors (Lipinski definition) is 4. The zero-order valence-corrected chi connectivity index (χ0v) is 31.2. The molecular weight excluding hydrogens is 680 g/mol. The first-order valence-electron chi connectivity index (χ1n) is 17.7. The van der Waals surface area contributed by atoms with E-state index in [4.69, 9.17) is 18.9 Å². The summed E-state index contributed by atoms with van der Waals surface area (Å²) < 4.78 is 17.0. The number of carbonyl (C=O) groups excluding carboxylic acids is 3. The highest BCUT2D eigenvalue weighted by Crippen LogP contribution is 2.44. The number of aliphatic hydroxyl groups is 1. The predicted molar refractivity (Wildman–Crippen MR) is 204 cm³/mol. The zero-order chi connectivity index (χ0) is 39.0. The van der Waals surface area contributed by atoms with E-state index in [1.165, 1.54) is 19.9 Å². The molecule has 1 heterocycles. The highest BCUT2D eigenvalue weighted by molar-refractivity contribution is 6.21. The Hall–Kier alpha value is -5.49. The van der Waals surface area contributed by atoms with Crippen molar-refractivity contribution >= 4 is 56.9 Å². The second-order valence-corrected chi connectivity index (χ2v) is 13.6. The number of phenols is 2. The van der Waals surface area contributed by atoms with Gasteiger partial charge in [0.25, 0.3) is 0 Å². The number of phenolic OH excluding ortho intramolecular Hbond substituents is 2. The Balaban J connectivity index is 1.57. The highest BCUT2D eigenvalue weighted by atomic mass is 16.6. The third-order valence-electron chi connectivity index (χ3n) is 9.14. The summed E-state index contributed by atoms with van der Waals surface area (Å²) in [5, 5.41) is 35.8. The van der Waals surface area contributed by atoms with Crippen molar-refractivity contribution in [3.63, 3.8) is 0 Å². The van der Waals surface area contributed by atoms with E-state index in [1.54, 1.807) is 26.1 Å². The molecule has 53 heavy (non-hydrogen) atoms. The first-order valence-corrected chi connectivity index (χ1v) is 17.7. The van der Waals surface area contributed by atoms with Gasteiger partial charge in [0.2, 0.25) is 0 Å². The number of nitrogens with zero attached hydrogens (tertiary/aromatic N) is 1. The van der Waals surface area contributed by atoms with E-state index in [0.29, 0.717) is 29.5 Å². The van der Waals surface area contributed by atoms with Crippen LogP contribution in [0.15, 0.2) is 63.6 Å². The van der Waals surface area contributed by atoms with Gasteiger partial charge in [-0.2, -0.15) is 0 Å². The fraction of sp³-hybridized carbons (Fsp3) is 0.390. The molecule has 4 rings (SSSR count). The summed E-state index contributed by atoms with van der Waals surface area (Å²) in [5.41, 5.74) is 1.44. The SMILES string of the molecule is CNc1c(O)c2c(=O)c(C)c(O)c(C(=O)O/C=C/CCC(OC(C)=O)C(O)CCCC(C)/C=C/C=C(\C)C=O)c2c2nc3ccc(C(C)C)cc3oc12. The van der Waals surface area contributed by atoms with Gasteiger partial charge in [-0.1, -0.05) is 51.5 Å². The minimum Gasteiger partial charge on any atom is -0.507 e. The van der Waals surface area contributed by atoms with E-state index in [-0.39, 0.29) is 63.4 Å². The Morgan fingerprint density at radius 2 is 1.79 bits per heavy atom. The molecule has 0 bridgehead atoms. The molecule has 0 radical (unpaired) electrons. The topological polar surface area (TPSA) is 185 Å². The summed E-state index contributed by atoms with van der Waals surface area (Å²) in [6.07, 6.45) is 9.58. The number of aldehydes is 1. The third-order valence-corrected chi connectivity index (χ3v) is 9.14. The maximum absolute atomic E-state index is 13.7. The Labute approximate surface area is 307 Å². The van der Waals surface area contributed by atoms with Gasteiger partial charge < -0.3 is 34.5 Å². The summed E-state index contributed by atoms with van der Waals surface area (Å²) >= 11 is 0. The highest BCUT2D eigenvalue weighted by Gasteiger charge is 2.29. The average Bonchev–Trinajstić information content (AvgIpc) is 3.12. The lowest BCUT2D eigenvalue weighted by molar-refractivity contribution is -0.153. The molecule has 282 valence electrons. The van der Waals surface area contributed by atoms with E-state index in [1.807, 2.05) is 45.1 Å². The molecule has 12 heteroatoms. The molecule has 0 amide bonds. The molecule has 4 aromatic rings. The lowest BCUT2D eigenvalue weighted by Crippen LogP contribution is -2.30. The number of ether oxygens (including phenoxy) is 2. The number of carbonyl (C=O) groups is 3. The van der Waals surface area contributed by atoms with Crippen molar-refractivity contribution in [2.24, 2.45) is 5.92 Å². The number of aliphatic hydroxyl groups excluding tert-OH is 1. The minimum absolute atomic E-state index is 0.0590. The van der Waals surface area contributed by atoms with Crippen molar-refractivity contribution < 1.29 is 43.6 Å². The van der Waals surface area contributed by atoms with Crippen LogP contribution < -0.4 is 10.7 Å². The van der Waals surface area contributed by atoms with Crippen LogP contribution in [0.2, 0.25) is 0 Å². The van der Waals surface area contributed by atoms with E-state index in [9.17, 15) is 34.5 Å². The maximum Gasteiger partial charge on any atom is 0.347 e. The lowest BCUT2D eigenvalue weighted by atomic mass is 9.96. The summed E-state index contributed by atoms with van der Waals surface area (Å²) in [7, 11) is 1.55. The van der Waals surface area contributed by atoms with Crippen LogP contribution in [0.25, 0.3) is 33.0 Å². The maximum atomic E-state index is 13.7. The van der Waals surface area contributed by atoms with Crippen LogP contribution in [0.5, 0.6) is 11.5 Å². The van der Waals surface area contributed by atoms with Gasteiger partial charge in [-0.25, -0.2) is 9.78 Å². The first kappa shape index (κ1) is 40.3. The van der Waals surface area contributed by atoms with Gasteiger partial charge in [-0.3, -0.25) is 14.4 Å². The van der Waals surface area contributed by atoms with Crippen molar-refractivity contribution in [1.29, 1.82) is 0 Å². The second-order valence-electron chi connectivity index (χ2n) is 13.6.